The van der Waals surface area contributed by atoms with Crippen molar-refractivity contribution in [2.45, 2.75) is 30.8 Å². The number of hydrogen-bond acceptors (Lipinski definition) is 2. The van der Waals surface area contributed by atoms with Crippen molar-refractivity contribution in [3.05, 3.63) is 63.1 Å². The molecular formula is C16H14BrF3O3S. The van der Waals surface area contributed by atoms with Crippen LogP contribution in [0.4, 0.5) is 13.2 Å². The second-order valence-electron chi connectivity index (χ2n) is 5.30. The smallest absolute Gasteiger partial charge is 0.282 e. The van der Waals surface area contributed by atoms with Crippen LogP contribution in [0, 0.1) is 6.92 Å². The second kappa shape index (κ2) is 6.85. The summed E-state index contributed by atoms with van der Waals surface area (Å²) in [5.74, 6) is 0. The molecule has 2 aromatic rings. The number of benzene rings is 2. The van der Waals surface area contributed by atoms with Crippen LogP contribution in [0.5, 0.6) is 0 Å². The summed E-state index contributed by atoms with van der Waals surface area (Å²) in [5, 5.41) is 0. The Balaban J connectivity index is 2.56. The van der Waals surface area contributed by atoms with E-state index in [2.05, 4.69) is 15.9 Å². The van der Waals surface area contributed by atoms with E-state index in [9.17, 15) is 26.1 Å². The van der Waals surface area contributed by atoms with Crippen molar-refractivity contribution in [2.75, 3.05) is 0 Å². The maximum atomic E-state index is 13.2. The molecule has 1 N–H and O–H groups in total. The van der Waals surface area contributed by atoms with Gasteiger partial charge < -0.3 is 0 Å². The van der Waals surface area contributed by atoms with E-state index in [0.717, 1.165) is 5.56 Å². The minimum atomic E-state index is -4.79. The molecule has 0 aliphatic heterocycles. The zero-order chi connectivity index (χ0) is 18.1. The van der Waals surface area contributed by atoms with E-state index in [0.29, 0.717) is 12.5 Å². The highest BCUT2D eigenvalue weighted by molar-refractivity contribution is 9.10. The molecule has 2 rings (SSSR count). The highest BCUT2D eigenvalue weighted by Gasteiger charge is 2.36. The molecule has 0 spiro atoms. The molecule has 0 bridgehead atoms. The van der Waals surface area contributed by atoms with Gasteiger partial charge in [0.15, 0.2) is 0 Å². The second-order valence-corrected chi connectivity index (χ2v) is 7.48. The highest BCUT2D eigenvalue weighted by atomic mass is 79.9. The summed E-state index contributed by atoms with van der Waals surface area (Å²) >= 11 is 3.04. The van der Waals surface area contributed by atoms with Gasteiger partial charge in [0.2, 0.25) is 0 Å². The van der Waals surface area contributed by atoms with Crippen LogP contribution in [-0.2, 0) is 29.1 Å². The minimum absolute atomic E-state index is 0.0357. The SMILES string of the molecule is Cc1c(C(F)(F)F)cc(S(=O)(=O)O)c(Br)c1CCc1ccccc1. The summed E-state index contributed by atoms with van der Waals surface area (Å²) < 4.78 is 71.7. The maximum absolute atomic E-state index is 13.2. The lowest BCUT2D eigenvalue weighted by molar-refractivity contribution is -0.138. The fourth-order valence-electron chi connectivity index (χ4n) is 2.47. The van der Waals surface area contributed by atoms with E-state index in [-0.39, 0.29) is 22.0 Å². The fourth-order valence-corrected chi connectivity index (χ4v) is 4.31. The minimum Gasteiger partial charge on any atom is -0.282 e. The first kappa shape index (κ1) is 19.0. The molecule has 3 nitrogen and oxygen atoms in total. The van der Waals surface area contributed by atoms with E-state index >= 15 is 0 Å². The summed E-state index contributed by atoms with van der Waals surface area (Å²) in [6, 6.07) is 9.58. The number of aryl methyl sites for hydroxylation is 1. The Labute approximate surface area is 146 Å². The van der Waals surface area contributed by atoms with Gasteiger partial charge in [-0.1, -0.05) is 30.3 Å². The number of hydrogen-bond donors (Lipinski definition) is 1. The van der Waals surface area contributed by atoms with Gasteiger partial charge in [0.25, 0.3) is 10.1 Å². The maximum Gasteiger partial charge on any atom is 0.416 e. The van der Waals surface area contributed by atoms with Gasteiger partial charge in [-0.25, -0.2) is 0 Å². The summed E-state index contributed by atoms with van der Waals surface area (Å²) in [5.41, 5.74) is -0.00462. The first-order valence-electron chi connectivity index (χ1n) is 6.92. The molecule has 8 heteroatoms. The molecule has 0 unspecified atom stereocenters. The van der Waals surface area contributed by atoms with E-state index in [1.54, 1.807) is 0 Å². The molecule has 24 heavy (non-hydrogen) atoms. The standard InChI is InChI=1S/C16H14BrF3O3S/c1-10-12(8-7-11-5-3-2-4-6-11)15(17)14(24(21,22)23)9-13(10)16(18,19)20/h2-6,9H,7-8H2,1H3,(H,21,22,23). The van der Waals surface area contributed by atoms with Crippen LogP contribution in [0.1, 0.15) is 22.3 Å². The lowest BCUT2D eigenvalue weighted by atomic mass is 9.96. The molecule has 0 saturated heterocycles. The molecule has 0 amide bonds. The zero-order valence-electron chi connectivity index (χ0n) is 12.6. The summed E-state index contributed by atoms with van der Waals surface area (Å²) in [7, 11) is -4.79. The van der Waals surface area contributed by atoms with Gasteiger partial charge in [-0.05, 0) is 58.5 Å². The Morgan fingerprint density at radius 3 is 2.21 bits per heavy atom. The van der Waals surface area contributed by atoms with Crippen molar-refractivity contribution < 1.29 is 26.1 Å². The molecule has 0 radical (unpaired) electrons. The van der Waals surface area contributed by atoms with Gasteiger partial charge in [-0.3, -0.25) is 4.55 Å². The first-order valence-corrected chi connectivity index (χ1v) is 9.15. The van der Waals surface area contributed by atoms with Crippen molar-refractivity contribution in [1.29, 1.82) is 0 Å². The van der Waals surface area contributed by atoms with Gasteiger partial charge in [0.1, 0.15) is 4.90 Å². The third-order valence-electron chi connectivity index (χ3n) is 3.70. The topological polar surface area (TPSA) is 54.4 Å². The zero-order valence-corrected chi connectivity index (χ0v) is 15.0. The largest absolute Gasteiger partial charge is 0.416 e. The van der Waals surface area contributed by atoms with Gasteiger partial charge in [0.05, 0.1) is 5.56 Å². The van der Waals surface area contributed by atoms with E-state index in [1.165, 1.54) is 6.92 Å². The Morgan fingerprint density at radius 2 is 1.71 bits per heavy atom. The molecule has 0 aliphatic carbocycles. The van der Waals surface area contributed by atoms with Crippen molar-refractivity contribution in [2.24, 2.45) is 0 Å². The van der Waals surface area contributed by atoms with Crippen molar-refractivity contribution in [3.63, 3.8) is 0 Å². The third-order valence-corrected chi connectivity index (χ3v) is 5.75. The van der Waals surface area contributed by atoms with Gasteiger partial charge >= 0.3 is 6.18 Å². The van der Waals surface area contributed by atoms with Crippen LogP contribution >= 0.6 is 15.9 Å². The van der Waals surface area contributed by atoms with Crippen LogP contribution < -0.4 is 0 Å². The van der Waals surface area contributed by atoms with Crippen LogP contribution in [-0.4, -0.2) is 13.0 Å². The average Bonchev–Trinajstić information content (AvgIpc) is 2.45. The predicted molar refractivity (Wildman–Crippen MR) is 87.5 cm³/mol. The molecular weight excluding hydrogens is 409 g/mol. The number of alkyl halides is 3. The van der Waals surface area contributed by atoms with Crippen molar-refractivity contribution in [1.82, 2.24) is 0 Å². The molecule has 0 aromatic heterocycles. The van der Waals surface area contributed by atoms with E-state index in [1.807, 2.05) is 30.3 Å². The summed E-state index contributed by atoms with van der Waals surface area (Å²) in [6.07, 6.45) is -4.08. The molecule has 0 saturated carbocycles. The molecule has 0 aliphatic rings. The Bertz CT molecular complexity index is 847. The van der Waals surface area contributed by atoms with Gasteiger partial charge in [-0.15, -0.1) is 0 Å². The highest BCUT2D eigenvalue weighted by Crippen LogP contribution is 2.39. The van der Waals surface area contributed by atoms with Crippen molar-refractivity contribution >= 4 is 26.0 Å². The summed E-state index contributed by atoms with van der Waals surface area (Å²) in [6.45, 7) is 1.29. The van der Waals surface area contributed by atoms with Crippen LogP contribution in [0.15, 0.2) is 45.8 Å². The average molecular weight is 423 g/mol. The van der Waals surface area contributed by atoms with Crippen LogP contribution in [0.2, 0.25) is 0 Å². The van der Waals surface area contributed by atoms with Gasteiger partial charge in [-0.2, -0.15) is 21.6 Å². The van der Waals surface area contributed by atoms with E-state index < -0.39 is 26.8 Å². The lowest BCUT2D eigenvalue weighted by Gasteiger charge is -2.18. The third kappa shape index (κ3) is 4.17. The van der Waals surface area contributed by atoms with Gasteiger partial charge in [0, 0.05) is 4.47 Å². The van der Waals surface area contributed by atoms with Crippen LogP contribution in [0.25, 0.3) is 0 Å². The first-order chi connectivity index (χ1) is 11.0. The number of rotatable bonds is 4. The monoisotopic (exact) mass is 422 g/mol. The molecule has 2 aromatic carbocycles. The predicted octanol–water partition coefficient (Wildman–Crippen LogP) is 4.81. The molecule has 130 valence electrons. The Kier molecular flexibility index (Phi) is 5.41. The Hall–Kier alpha value is -1.38. The summed E-state index contributed by atoms with van der Waals surface area (Å²) in [4.78, 5) is -0.775. The Morgan fingerprint density at radius 1 is 1.12 bits per heavy atom. The lowest BCUT2D eigenvalue weighted by Crippen LogP contribution is -2.14. The van der Waals surface area contributed by atoms with Crippen LogP contribution in [0.3, 0.4) is 0 Å². The molecule has 0 heterocycles. The molecule has 0 fully saturated rings. The quantitative estimate of drug-likeness (QED) is 0.719. The fraction of sp³-hybridized carbons (Fsp3) is 0.250. The molecule has 0 atom stereocenters. The van der Waals surface area contributed by atoms with E-state index in [4.69, 9.17) is 0 Å². The van der Waals surface area contributed by atoms with Crippen molar-refractivity contribution in [3.8, 4) is 0 Å². The number of halogens is 4. The normalized spacial score (nSPS) is 12.4.